The van der Waals surface area contributed by atoms with Crippen LogP contribution >= 0.6 is 0 Å². The van der Waals surface area contributed by atoms with Crippen molar-refractivity contribution in [2.75, 3.05) is 0 Å². The Morgan fingerprint density at radius 2 is 1.83 bits per heavy atom. The molecule has 0 bridgehead atoms. The van der Waals surface area contributed by atoms with E-state index in [0.717, 1.165) is 0 Å². The number of rotatable bonds is 5. The predicted molar refractivity (Wildman–Crippen MR) is 89.4 cm³/mol. The van der Waals surface area contributed by atoms with Gasteiger partial charge >= 0.3 is 0 Å². The summed E-state index contributed by atoms with van der Waals surface area (Å²) >= 11 is 0. The van der Waals surface area contributed by atoms with E-state index >= 15 is 0 Å². The number of amidine groups is 1. The number of aliphatic imine (C=N–C) groups is 2. The van der Waals surface area contributed by atoms with Crippen molar-refractivity contribution < 1.29 is 14.4 Å². The Bertz CT molecular complexity index is 558. The minimum absolute atomic E-state index is 0.144. The fraction of sp³-hybridized carbons (Fsp3) is 0.688. The summed E-state index contributed by atoms with van der Waals surface area (Å²) in [5, 5.41) is 5.45. The van der Waals surface area contributed by atoms with Crippen LogP contribution in [0.5, 0.6) is 0 Å². The van der Waals surface area contributed by atoms with Gasteiger partial charge in [0.2, 0.25) is 11.8 Å². The van der Waals surface area contributed by atoms with Crippen molar-refractivity contribution in [1.29, 1.82) is 0 Å². The third-order valence-corrected chi connectivity index (χ3v) is 3.34. The molecule has 7 heteroatoms. The minimum atomic E-state index is -0.626. The maximum atomic E-state index is 12.0. The molecular formula is C16H26N4O3. The van der Waals surface area contributed by atoms with E-state index in [9.17, 15) is 14.4 Å². The van der Waals surface area contributed by atoms with Gasteiger partial charge in [-0.1, -0.05) is 0 Å². The molecule has 1 aliphatic heterocycles. The first-order valence-electron chi connectivity index (χ1n) is 7.75. The molecule has 0 aromatic carbocycles. The minimum Gasteiger partial charge on any atom is -0.350 e. The topological polar surface area (TPSA) is 100.0 Å². The largest absolute Gasteiger partial charge is 0.350 e. The SMILES string of the molecule is CC1=NC(=O)C(CCC(=O)NC(C)C(=O)NC(C)(C)C)C(C)=N1. The number of carbonyl (C=O) groups is 3. The highest BCUT2D eigenvalue weighted by atomic mass is 16.2. The maximum absolute atomic E-state index is 12.0. The molecule has 0 radical (unpaired) electrons. The monoisotopic (exact) mass is 322 g/mol. The summed E-state index contributed by atoms with van der Waals surface area (Å²) in [6.45, 7) is 10.7. The second-order valence-electron chi connectivity index (χ2n) is 6.87. The van der Waals surface area contributed by atoms with Crippen molar-refractivity contribution in [3.05, 3.63) is 0 Å². The van der Waals surface area contributed by atoms with Gasteiger partial charge in [0.1, 0.15) is 11.9 Å². The summed E-state index contributed by atoms with van der Waals surface area (Å²) in [6, 6.07) is -0.626. The van der Waals surface area contributed by atoms with Crippen molar-refractivity contribution in [3.63, 3.8) is 0 Å². The molecule has 1 aliphatic rings. The van der Waals surface area contributed by atoms with Crippen molar-refractivity contribution >= 4 is 29.3 Å². The third-order valence-electron chi connectivity index (χ3n) is 3.34. The van der Waals surface area contributed by atoms with Gasteiger partial charge in [0.15, 0.2) is 0 Å². The Labute approximate surface area is 137 Å². The summed E-state index contributed by atoms with van der Waals surface area (Å²) in [5.41, 5.74) is 0.322. The van der Waals surface area contributed by atoms with Gasteiger partial charge in [-0.15, -0.1) is 0 Å². The van der Waals surface area contributed by atoms with Crippen LogP contribution in [0.25, 0.3) is 0 Å². The first-order valence-corrected chi connectivity index (χ1v) is 7.75. The Kier molecular flexibility index (Phi) is 6.18. The molecular weight excluding hydrogens is 296 g/mol. The van der Waals surface area contributed by atoms with E-state index in [1.165, 1.54) is 0 Å². The van der Waals surface area contributed by atoms with E-state index < -0.39 is 12.0 Å². The number of hydrogen-bond acceptors (Lipinski definition) is 4. The van der Waals surface area contributed by atoms with Crippen LogP contribution in [-0.2, 0) is 14.4 Å². The highest BCUT2D eigenvalue weighted by Crippen LogP contribution is 2.15. The van der Waals surface area contributed by atoms with Crippen LogP contribution in [0.15, 0.2) is 9.98 Å². The highest BCUT2D eigenvalue weighted by Gasteiger charge is 2.26. The molecule has 0 aliphatic carbocycles. The van der Waals surface area contributed by atoms with E-state index in [-0.39, 0.29) is 29.7 Å². The number of nitrogens with one attached hydrogen (secondary N) is 2. The average Bonchev–Trinajstić information content (AvgIpc) is 2.35. The quantitative estimate of drug-likeness (QED) is 0.796. The Balaban J connectivity index is 2.47. The molecule has 23 heavy (non-hydrogen) atoms. The number of nitrogens with zero attached hydrogens (tertiary/aromatic N) is 2. The molecule has 0 aromatic heterocycles. The highest BCUT2D eigenvalue weighted by molar-refractivity contribution is 6.14. The smallest absolute Gasteiger partial charge is 0.256 e. The number of carbonyl (C=O) groups excluding carboxylic acids is 3. The van der Waals surface area contributed by atoms with Gasteiger partial charge in [-0.25, -0.2) is 4.99 Å². The molecule has 0 fully saturated rings. The fourth-order valence-electron chi connectivity index (χ4n) is 2.24. The van der Waals surface area contributed by atoms with Gasteiger partial charge < -0.3 is 10.6 Å². The molecule has 1 heterocycles. The molecule has 2 unspecified atom stereocenters. The molecule has 2 atom stereocenters. The first-order chi connectivity index (χ1) is 10.5. The second kappa shape index (κ2) is 7.48. The maximum Gasteiger partial charge on any atom is 0.256 e. The lowest BCUT2D eigenvalue weighted by atomic mass is 9.96. The van der Waals surface area contributed by atoms with Gasteiger partial charge in [0, 0.05) is 17.7 Å². The summed E-state index contributed by atoms with van der Waals surface area (Å²) in [7, 11) is 0. The molecule has 0 saturated heterocycles. The average molecular weight is 322 g/mol. The van der Waals surface area contributed by atoms with Crippen LogP contribution in [0.4, 0.5) is 0 Å². The molecule has 128 valence electrons. The van der Waals surface area contributed by atoms with Crippen LogP contribution in [0.3, 0.4) is 0 Å². The summed E-state index contributed by atoms with van der Waals surface area (Å²) in [4.78, 5) is 43.7. The fourth-order valence-corrected chi connectivity index (χ4v) is 2.24. The first kappa shape index (κ1) is 19.0. The van der Waals surface area contributed by atoms with E-state index in [4.69, 9.17) is 0 Å². The number of hydrogen-bond donors (Lipinski definition) is 2. The van der Waals surface area contributed by atoms with E-state index in [1.807, 2.05) is 20.8 Å². The van der Waals surface area contributed by atoms with Crippen LogP contribution in [-0.4, -0.2) is 40.8 Å². The Hall–Kier alpha value is -2.05. The van der Waals surface area contributed by atoms with E-state index in [1.54, 1.807) is 20.8 Å². The van der Waals surface area contributed by atoms with Crippen molar-refractivity contribution in [2.45, 2.75) is 66.0 Å². The zero-order valence-corrected chi connectivity index (χ0v) is 14.7. The van der Waals surface area contributed by atoms with Gasteiger partial charge in [-0.2, -0.15) is 4.99 Å². The normalized spacial score (nSPS) is 19.6. The van der Waals surface area contributed by atoms with E-state index in [0.29, 0.717) is 18.0 Å². The lowest BCUT2D eigenvalue weighted by molar-refractivity contribution is -0.129. The third kappa shape index (κ3) is 6.30. The van der Waals surface area contributed by atoms with E-state index in [2.05, 4.69) is 20.6 Å². The summed E-state index contributed by atoms with van der Waals surface area (Å²) < 4.78 is 0. The van der Waals surface area contributed by atoms with Crippen LogP contribution < -0.4 is 10.6 Å². The van der Waals surface area contributed by atoms with Gasteiger partial charge in [0.25, 0.3) is 5.91 Å². The predicted octanol–water partition coefficient (Wildman–Crippen LogP) is 1.22. The molecule has 0 spiro atoms. The molecule has 3 amide bonds. The van der Waals surface area contributed by atoms with Crippen LogP contribution in [0, 0.1) is 5.92 Å². The lowest BCUT2D eigenvalue weighted by Gasteiger charge is -2.24. The molecule has 0 saturated carbocycles. The van der Waals surface area contributed by atoms with Crippen molar-refractivity contribution in [1.82, 2.24) is 10.6 Å². The molecule has 0 aromatic rings. The van der Waals surface area contributed by atoms with Crippen LogP contribution in [0.1, 0.15) is 54.4 Å². The second-order valence-corrected chi connectivity index (χ2v) is 6.87. The standard InChI is InChI=1S/C16H26N4O3/c1-9-12(15(23)19-11(3)17-9)7-8-13(21)18-10(2)14(22)20-16(4,5)6/h10,12H,7-8H2,1-6H3,(H,18,21)(H,20,22). The van der Waals surface area contributed by atoms with Crippen LogP contribution in [0.2, 0.25) is 0 Å². The number of amides is 3. The summed E-state index contributed by atoms with van der Waals surface area (Å²) in [6.07, 6.45) is 0.482. The Morgan fingerprint density at radius 3 is 2.35 bits per heavy atom. The van der Waals surface area contributed by atoms with Crippen molar-refractivity contribution in [3.8, 4) is 0 Å². The molecule has 2 N–H and O–H groups in total. The van der Waals surface area contributed by atoms with Crippen molar-refractivity contribution in [2.24, 2.45) is 15.9 Å². The molecule has 1 rings (SSSR count). The summed E-state index contributed by atoms with van der Waals surface area (Å²) in [5.74, 6) is -0.781. The Morgan fingerprint density at radius 1 is 1.22 bits per heavy atom. The lowest BCUT2D eigenvalue weighted by Crippen LogP contribution is -2.50. The van der Waals surface area contributed by atoms with Gasteiger partial charge in [-0.05, 0) is 48.0 Å². The molecule has 7 nitrogen and oxygen atoms in total. The van der Waals surface area contributed by atoms with Gasteiger partial charge in [0.05, 0.1) is 5.92 Å². The zero-order valence-electron chi connectivity index (χ0n) is 14.7. The van der Waals surface area contributed by atoms with Gasteiger partial charge in [-0.3, -0.25) is 14.4 Å². The zero-order chi connectivity index (χ0) is 17.8.